The number of rotatable bonds is 15. The van der Waals surface area contributed by atoms with Crippen LogP contribution in [0, 0.1) is 0 Å². The summed E-state index contributed by atoms with van der Waals surface area (Å²) < 4.78 is 5.29. The number of para-hydroxylation sites is 2. The predicted molar refractivity (Wildman–Crippen MR) is 225 cm³/mol. The molecule has 3 amide bonds. The molecule has 14 nitrogen and oxygen atoms in total. The second-order valence-electron chi connectivity index (χ2n) is 13.1. The van der Waals surface area contributed by atoms with Crippen molar-refractivity contribution in [1.29, 1.82) is 0 Å². The number of nitrogens with one attached hydrogen (secondary N) is 3. The molecule has 0 aliphatic carbocycles. The van der Waals surface area contributed by atoms with E-state index >= 15 is 0 Å². The summed E-state index contributed by atoms with van der Waals surface area (Å²) in [6, 6.07) is 39.8. The molecule has 14 heteroatoms. The fourth-order valence-electron chi connectivity index (χ4n) is 6.41. The van der Waals surface area contributed by atoms with Gasteiger partial charge in [0.05, 0.1) is 34.2 Å². The lowest BCUT2D eigenvalue weighted by Gasteiger charge is -2.21. The van der Waals surface area contributed by atoms with Gasteiger partial charge in [0.2, 0.25) is 0 Å². The summed E-state index contributed by atoms with van der Waals surface area (Å²) in [4.78, 5) is 52.7. The third-order valence-corrected chi connectivity index (χ3v) is 9.26. The number of alkyl carbamates (subject to hydrolysis) is 1. The molecule has 2 atom stereocenters. The van der Waals surface area contributed by atoms with Crippen LogP contribution >= 0.6 is 0 Å². The van der Waals surface area contributed by atoms with E-state index in [4.69, 9.17) is 21.9 Å². The van der Waals surface area contributed by atoms with Gasteiger partial charge in [0.15, 0.2) is 0 Å². The number of benzene rings is 5. The lowest BCUT2D eigenvalue weighted by atomic mass is 10.0. The maximum atomic E-state index is 12.2. The molecular formula is C44H44N10O4. The molecule has 0 aliphatic rings. The molecule has 0 saturated heterocycles. The Hall–Kier alpha value is -7.45. The van der Waals surface area contributed by atoms with Crippen molar-refractivity contribution in [3.05, 3.63) is 168 Å². The van der Waals surface area contributed by atoms with E-state index in [0.717, 1.165) is 28.5 Å². The summed E-state index contributed by atoms with van der Waals surface area (Å²) in [5.41, 5.74) is 21.5. The lowest BCUT2D eigenvalue weighted by Crippen LogP contribution is -2.27. The van der Waals surface area contributed by atoms with Crippen LogP contribution < -0.4 is 33.2 Å². The van der Waals surface area contributed by atoms with E-state index in [1.807, 2.05) is 103 Å². The van der Waals surface area contributed by atoms with E-state index in [1.54, 1.807) is 24.3 Å². The average Bonchev–Trinajstić information content (AvgIpc) is 3.26. The summed E-state index contributed by atoms with van der Waals surface area (Å²) in [5, 5.41) is 11.1. The van der Waals surface area contributed by atoms with Crippen molar-refractivity contribution in [2.24, 2.45) is 17.2 Å². The van der Waals surface area contributed by atoms with Gasteiger partial charge in [-0.3, -0.25) is 9.59 Å². The molecule has 2 heterocycles. The smallest absolute Gasteiger partial charge is 0.407 e. The van der Waals surface area contributed by atoms with Crippen LogP contribution in [0.1, 0.15) is 62.3 Å². The molecule has 1 unspecified atom stereocenters. The number of hydrogen-bond donors (Lipinski definition) is 6. The van der Waals surface area contributed by atoms with Gasteiger partial charge in [-0.25, -0.2) is 24.7 Å². The first kappa shape index (κ1) is 40.2. The van der Waals surface area contributed by atoms with Crippen molar-refractivity contribution in [1.82, 2.24) is 25.3 Å². The highest BCUT2D eigenvalue weighted by Gasteiger charge is 2.18. The zero-order valence-electron chi connectivity index (χ0n) is 31.6. The van der Waals surface area contributed by atoms with E-state index < -0.39 is 17.9 Å². The number of anilines is 2. The number of primary amides is 2. The first-order valence-corrected chi connectivity index (χ1v) is 18.7. The molecule has 0 spiro atoms. The SMILES string of the molecule is NC(=O)c1cccc2c(N[C@H](CCNC(=O)OCc3ccccc3)c3ccccc3)ncnc12.NCCC(Nc1ncnc2c(C(N)=O)cccc12)c1ccccc1. The number of ether oxygens (including phenoxy) is 1. The Morgan fingerprint density at radius 2 is 1.03 bits per heavy atom. The normalized spacial score (nSPS) is 11.7. The van der Waals surface area contributed by atoms with E-state index in [-0.39, 0.29) is 18.7 Å². The van der Waals surface area contributed by atoms with Crippen LogP contribution in [-0.4, -0.2) is 50.9 Å². The summed E-state index contributed by atoms with van der Waals surface area (Å²) in [5.74, 6) is 0.180. The van der Waals surface area contributed by atoms with E-state index in [9.17, 15) is 14.4 Å². The van der Waals surface area contributed by atoms with Gasteiger partial charge in [0.1, 0.15) is 30.9 Å². The third-order valence-electron chi connectivity index (χ3n) is 9.26. The average molecular weight is 777 g/mol. The van der Waals surface area contributed by atoms with Crippen LogP contribution in [0.5, 0.6) is 0 Å². The number of fused-ring (bicyclic) bond motifs is 2. The highest BCUT2D eigenvalue weighted by Crippen LogP contribution is 2.29. The maximum Gasteiger partial charge on any atom is 0.407 e. The van der Waals surface area contributed by atoms with Gasteiger partial charge in [0.25, 0.3) is 11.8 Å². The zero-order chi connectivity index (χ0) is 40.7. The molecule has 294 valence electrons. The van der Waals surface area contributed by atoms with Gasteiger partial charge in [0, 0.05) is 17.3 Å². The first-order valence-electron chi connectivity index (χ1n) is 18.7. The molecule has 9 N–H and O–H groups in total. The van der Waals surface area contributed by atoms with Crippen molar-refractivity contribution < 1.29 is 19.1 Å². The fraction of sp³-hybridized carbons (Fsp3) is 0.159. The number of carbonyl (C=O) groups is 3. The lowest BCUT2D eigenvalue weighted by molar-refractivity contribution is 0.0993. The Morgan fingerprint density at radius 1 is 0.569 bits per heavy atom. The van der Waals surface area contributed by atoms with Crippen LogP contribution in [0.2, 0.25) is 0 Å². The van der Waals surface area contributed by atoms with Crippen LogP contribution in [0.4, 0.5) is 16.4 Å². The van der Waals surface area contributed by atoms with Gasteiger partial charge < -0.3 is 37.9 Å². The summed E-state index contributed by atoms with van der Waals surface area (Å²) >= 11 is 0. The molecule has 0 aliphatic heterocycles. The number of hydrogen-bond acceptors (Lipinski definition) is 11. The Labute approximate surface area is 335 Å². The third kappa shape index (κ3) is 10.4. The van der Waals surface area contributed by atoms with Crippen LogP contribution in [-0.2, 0) is 11.3 Å². The Kier molecular flexibility index (Phi) is 13.8. The monoisotopic (exact) mass is 776 g/mol. The van der Waals surface area contributed by atoms with E-state index in [0.29, 0.717) is 58.7 Å². The highest BCUT2D eigenvalue weighted by molar-refractivity contribution is 6.07. The van der Waals surface area contributed by atoms with Crippen molar-refractivity contribution in [2.45, 2.75) is 31.5 Å². The molecule has 0 fully saturated rings. The minimum Gasteiger partial charge on any atom is -0.445 e. The number of aromatic nitrogens is 4. The molecule has 7 aromatic rings. The van der Waals surface area contributed by atoms with Crippen molar-refractivity contribution >= 4 is 51.3 Å². The molecule has 0 radical (unpaired) electrons. The second-order valence-corrected chi connectivity index (χ2v) is 13.1. The molecule has 5 aromatic carbocycles. The summed E-state index contributed by atoms with van der Waals surface area (Å²) in [6.07, 6.45) is 3.69. The zero-order valence-corrected chi connectivity index (χ0v) is 31.6. The van der Waals surface area contributed by atoms with Gasteiger partial charge in [-0.15, -0.1) is 0 Å². The topological polar surface area (TPSA) is 226 Å². The van der Waals surface area contributed by atoms with Crippen molar-refractivity contribution in [2.75, 3.05) is 23.7 Å². The van der Waals surface area contributed by atoms with Gasteiger partial charge in [-0.05, 0) is 60.3 Å². The van der Waals surface area contributed by atoms with E-state index in [2.05, 4.69) is 35.9 Å². The Balaban J connectivity index is 0.000000208. The standard InChI is InChI=1S/C26H25N5O3.C18H19N5O/c27-24(32)20-12-7-13-21-23(20)29-17-30-25(21)31-22(19-10-5-2-6-11-19)14-15-28-26(33)34-16-18-8-3-1-4-9-18;19-10-9-15(12-5-2-1-3-6-12)23-18-14-8-4-7-13(17(20)24)16(14)21-11-22-18/h1-13,17,22H,14-16H2,(H2,27,32)(H,28,33)(H,29,30,31);1-8,11,15H,9-10,19H2,(H2,20,24)(H,21,22,23)/t22-;/m1./s1. The summed E-state index contributed by atoms with van der Waals surface area (Å²) in [7, 11) is 0. The molecule has 0 bridgehead atoms. The first-order chi connectivity index (χ1) is 28.3. The Bertz CT molecular complexity index is 2450. The maximum absolute atomic E-state index is 12.2. The molecule has 2 aromatic heterocycles. The number of nitrogens with two attached hydrogens (primary N) is 3. The number of carbonyl (C=O) groups excluding carboxylic acids is 3. The van der Waals surface area contributed by atoms with Crippen molar-refractivity contribution in [3.63, 3.8) is 0 Å². The van der Waals surface area contributed by atoms with Crippen LogP contribution in [0.15, 0.2) is 140 Å². The molecule has 58 heavy (non-hydrogen) atoms. The minimum atomic E-state index is -0.548. The molecule has 7 rings (SSSR count). The fourth-order valence-corrected chi connectivity index (χ4v) is 6.41. The minimum absolute atomic E-state index is 0.0199. The summed E-state index contributed by atoms with van der Waals surface area (Å²) in [6.45, 7) is 1.14. The molecule has 0 saturated carbocycles. The van der Waals surface area contributed by atoms with Crippen molar-refractivity contribution in [3.8, 4) is 0 Å². The van der Waals surface area contributed by atoms with Crippen LogP contribution in [0.25, 0.3) is 21.8 Å². The van der Waals surface area contributed by atoms with Gasteiger partial charge in [-0.2, -0.15) is 0 Å². The quantitative estimate of drug-likeness (QED) is 0.0665. The number of amides is 3. The number of nitrogens with zero attached hydrogens (tertiary/aromatic N) is 4. The van der Waals surface area contributed by atoms with E-state index in [1.165, 1.54) is 12.7 Å². The second kappa shape index (κ2) is 19.9. The van der Waals surface area contributed by atoms with Gasteiger partial charge >= 0.3 is 6.09 Å². The van der Waals surface area contributed by atoms with Gasteiger partial charge in [-0.1, -0.05) is 103 Å². The molecular weight excluding hydrogens is 733 g/mol. The predicted octanol–water partition coefficient (Wildman–Crippen LogP) is 6.43. The Morgan fingerprint density at radius 3 is 1.50 bits per heavy atom. The largest absolute Gasteiger partial charge is 0.445 e. The van der Waals surface area contributed by atoms with Crippen LogP contribution in [0.3, 0.4) is 0 Å². The highest BCUT2D eigenvalue weighted by atomic mass is 16.5.